The van der Waals surface area contributed by atoms with Gasteiger partial charge in [-0.15, -0.1) is 0 Å². The number of benzene rings is 1. The summed E-state index contributed by atoms with van der Waals surface area (Å²) >= 11 is 5.14. The van der Waals surface area contributed by atoms with Crippen molar-refractivity contribution in [3.8, 4) is 0 Å². The summed E-state index contributed by atoms with van der Waals surface area (Å²) in [6, 6.07) is 8.24. The number of hydrogen-bond donors (Lipinski definition) is 1. The van der Waals surface area contributed by atoms with Crippen molar-refractivity contribution in [1.29, 1.82) is 0 Å². The molecule has 0 amide bonds. The van der Waals surface area contributed by atoms with Crippen LogP contribution >= 0.6 is 12.2 Å². The molecule has 0 saturated heterocycles. The highest BCUT2D eigenvalue weighted by Crippen LogP contribution is 2.31. The normalized spacial score (nSPS) is 21.2. The van der Waals surface area contributed by atoms with Crippen LogP contribution in [-0.4, -0.2) is 4.99 Å². The topological polar surface area (TPSA) is 12.0 Å². The van der Waals surface area contributed by atoms with Crippen LogP contribution in [-0.2, 0) is 0 Å². The van der Waals surface area contributed by atoms with E-state index in [9.17, 15) is 0 Å². The van der Waals surface area contributed by atoms with Gasteiger partial charge in [-0.05, 0) is 11.6 Å². The molecule has 56 valence electrons. The lowest BCUT2D eigenvalue weighted by Crippen LogP contribution is -2.05. The van der Waals surface area contributed by atoms with E-state index >= 15 is 0 Å². The van der Waals surface area contributed by atoms with E-state index in [1.165, 1.54) is 11.3 Å². The lowest BCUT2D eigenvalue weighted by molar-refractivity contribution is 1.07. The molecule has 1 atom stereocenters. The van der Waals surface area contributed by atoms with Gasteiger partial charge in [-0.25, -0.2) is 0 Å². The molecule has 1 aromatic rings. The number of fused-ring (bicyclic) bond motifs is 1. The quantitative estimate of drug-likeness (QED) is 0.590. The zero-order valence-corrected chi connectivity index (χ0v) is 7.11. The fraction of sp³-hybridized carbons (Fsp3) is 0.222. The number of anilines is 1. The van der Waals surface area contributed by atoms with Crippen LogP contribution in [0.25, 0.3) is 0 Å². The van der Waals surface area contributed by atoms with Crippen molar-refractivity contribution in [3.05, 3.63) is 29.8 Å². The minimum Gasteiger partial charge on any atom is -0.349 e. The molecule has 0 saturated carbocycles. The minimum absolute atomic E-state index is 0.390. The molecule has 0 spiro atoms. The summed E-state index contributed by atoms with van der Waals surface area (Å²) in [5.74, 6) is 0.390. The van der Waals surface area contributed by atoms with Crippen LogP contribution < -0.4 is 5.32 Å². The van der Waals surface area contributed by atoms with Gasteiger partial charge in [-0.1, -0.05) is 37.3 Å². The van der Waals surface area contributed by atoms with E-state index in [0.717, 1.165) is 4.99 Å². The number of hydrogen-bond acceptors (Lipinski definition) is 1. The predicted octanol–water partition coefficient (Wildman–Crippen LogP) is 2.54. The first kappa shape index (κ1) is 6.80. The Hall–Kier alpha value is -0.890. The van der Waals surface area contributed by atoms with E-state index in [1.54, 1.807) is 0 Å². The zero-order valence-electron chi connectivity index (χ0n) is 6.29. The molecule has 0 bridgehead atoms. The smallest absolute Gasteiger partial charge is 0.0871 e. The van der Waals surface area contributed by atoms with Crippen molar-refractivity contribution in [2.45, 2.75) is 12.8 Å². The average molecular weight is 163 g/mol. The lowest BCUT2D eigenvalue weighted by atomic mass is 10.0. The number of thiocarbonyl (C=S) groups is 1. The molecular formula is C9H9NS. The molecular weight excluding hydrogens is 154 g/mol. The number of rotatable bonds is 0. The molecule has 1 unspecified atom stereocenters. The zero-order chi connectivity index (χ0) is 7.84. The first-order valence-corrected chi connectivity index (χ1v) is 4.09. The van der Waals surface area contributed by atoms with Crippen molar-refractivity contribution in [2.24, 2.45) is 0 Å². The Kier molecular flexibility index (Phi) is 1.43. The number of para-hydroxylation sites is 1. The first-order chi connectivity index (χ1) is 5.29. The molecule has 1 aromatic carbocycles. The molecule has 2 rings (SSSR count). The Labute approximate surface area is 71.4 Å². The highest BCUT2D eigenvalue weighted by Gasteiger charge is 2.21. The maximum absolute atomic E-state index is 5.14. The summed E-state index contributed by atoms with van der Waals surface area (Å²) < 4.78 is 0. The molecule has 0 radical (unpaired) electrons. The molecule has 1 aliphatic heterocycles. The van der Waals surface area contributed by atoms with Crippen LogP contribution in [0.5, 0.6) is 0 Å². The third-order valence-electron chi connectivity index (χ3n) is 2.08. The minimum atomic E-state index is 0.390. The standard InChI is InChI=1S/C9H9NS/c1-6-7-4-2-3-5-8(7)10-9(6)11/h2-6H,1H3,(H,10,11). The summed E-state index contributed by atoms with van der Waals surface area (Å²) in [4.78, 5) is 0.936. The van der Waals surface area contributed by atoms with Gasteiger partial charge in [0.05, 0.1) is 4.99 Å². The first-order valence-electron chi connectivity index (χ1n) is 3.69. The predicted molar refractivity (Wildman–Crippen MR) is 51.1 cm³/mol. The Morgan fingerprint density at radius 2 is 2.09 bits per heavy atom. The van der Waals surface area contributed by atoms with Crippen LogP contribution in [0.3, 0.4) is 0 Å². The Morgan fingerprint density at radius 1 is 1.36 bits per heavy atom. The molecule has 1 heterocycles. The van der Waals surface area contributed by atoms with Crippen molar-refractivity contribution in [1.82, 2.24) is 0 Å². The SMILES string of the molecule is CC1C(=S)Nc2ccccc21. The van der Waals surface area contributed by atoms with Crippen molar-refractivity contribution in [2.75, 3.05) is 5.32 Å². The maximum Gasteiger partial charge on any atom is 0.0871 e. The van der Waals surface area contributed by atoms with Crippen LogP contribution in [0.2, 0.25) is 0 Å². The fourth-order valence-electron chi connectivity index (χ4n) is 1.37. The fourth-order valence-corrected chi connectivity index (χ4v) is 1.61. The monoisotopic (exact) mass is 163 g/mol. The van der Waals surface area contributed by atoms with Crippen LogP contribution in [0, 0.1) is 0 Å². The third kappa shape index (κ3) is 0.942. The second-order valence-electron chi connectivity index (χ2n) is 2.80. The van der Waals surface area contributed by atoms with Gasteiger partial charge in [0.15, 0.2) is 0 Å². The average Bonchev–Trinajstić information content (AvgIpc) is 2.30. The van der Waals surface area contributed by atoms with Gasteiger partial charge in [0.2, 0.25) is 0 Å². The van der Waals surface area contributed by atoms with E-state index < -0.39 is 0 Å². The summed E-state index contributed by atoms with van der Waals surface area (Å²) in [5.41, 5.74) is 2.49. The summed E-state index contributed by atoms with van der Waals surface area (Å²) in [5, 5.41) is 3.18. The van der Waals surface area contributed by atoms with E-state index in [4.69, 9.17) is 12.2 Å². The van der Waals surface area contributed by atoms with Gasteiger partial charge >= 0.3 is 0 Å². The van der Waals surface area contributed by atoms with Crippen molar-refractivity contribution < 1.29 is 0 Å². The van der Waals surface area contributed by atoms with Crippen molar-refractivity contribution in [3.63, 3.8) is 0 Å². The van der Waals surface area contributed by atoms with Crippen LogP contribution in [0.15, 0.2) is 24.3 Å². The third-order valence-corrected chi connectivity index (χ3v) is 2.53. The van der Waals surface area contributed by atoms with Gasteiger partial charge in [0.1, 0.15) is 0 Å². The summed E-state index contributed by atoms with van der Waals surface area (Å²) in [6.45, 7) is 2.13. The molecule has 1 N–H and O–H groups in total. The van der Waals surface area contributed by atoms with E-state index in [-0.39, 0.29) is 0 Å². The molecule has 0 aliphatic carbocycles. The van der Waals surface area contributed by atoms with Gasteiger partial charge < -0.3 is 5.32 Å². The Balaban J connectivity index is 2.55. The Bertz CT molecular complexity index is 306. The molecule has 1 aliphatic rings. The van der Waals surface area contributed by atoms with E-state index in [1.807, 2.05) is 12.1 Å². The highest BCUT2D eigenvalue weighted by atomic mass is 32.1. The number of nitrogens with one attached hydrogen (secondary N) is 1. The summed E-state index contributed by atoms with van der Waals surface area (Å²) in [6.07, 6.45) is 0. The van der Waals surface area contributed by atoms with E-state index in [2.05, 4.69) is 24.4 Å². The highest BCUT2D eigenvalue weighted by molar-refractivity contribution is 7.80. The largest absolute Gasteiger partial charge is 0.349 e. The molecule has 11 heavy (non-hydrogen) atoms. The van der Waals surface area contributed by atoms with Gasteiger partial charge in [-0.3, -0.25) is 0 Å². The summed E-state index contributed by atoms with van der Waals surface area (Å²) in [7, 11) is 0. The second-order valence-corrected chi connectivity index (χ2v) is 3.24. The van der Waals surface area contributed by atoms with Crippen LogP contribution in [0.1, 0.15) is 18.4 Å². The second kappa shape index (κ2) is 2.31. The molecule has 0 fully saturated rings. The van der Waals surface area contributed by atoms with Gasteiger partial charge in [0.25, 0.3) is 0 Å². The van der Waals surface area contributed by atoms with Crippen LogP contribution in [0.4, 0.5) is 5.69 Å². The van der Waals surface area contributed by atoms with E-state index in [0.29, 0.717) is 5.92 Å². The maximum atomic E-state index is 5.14. The molecule has 1 nitrogen and oxygen atoms in total. The molecule has 2 heteroatoms. The van der Waals surface area contributed by atoms with Gasteiger partial charge in [-0.2, -0.15) is 0 Å². The molecule has 0 aromatic heterocycles. The van der Waals surface area contributed by atoms with Gasteiger partial charge in [0, 0.05) is 11.6 Å². The lowest BCUT2D eigenvalue weighted by Gasteiger charge is -1.99. The van der Waals surface area contributed by atoms with Crippen molar-refractivity contribution >= 4 is 22.9 Å². The Morgan fingerprint density at radius 3 is 2.82 bits per heavy atom.